The molecule has 110 valence electrons. The molecule has 1 amide bonds. The lowest BCUT2D eigenvalue weighted by molar-refractivity contribution is -0.135. The highest BCUT2D eigenvalue weighted by Crippen LogP contribution is 2.25. The van der Waals surface area contributed by atoms with Crippen molar-refractivity contribution in [2.24, 2.45) is 0 Å². The van der Waals surface area contributed by atoms with E-state index >= 15 is 0 Å². The molecule has 20 heavy (non-hydrogen) atoms. The van der Waals surface area contributed by atoms with E-state index in [9.17, 15) is 4.79 Å². The van der Waals surface area contributed by atoms with Crippen molar-refractivity contribution in [1.29, 1.82) is 0 Å². The van der Waals surface area contributed by atoms with Gasteiger partial charge < -0.3 is 15.0 Å². The van der Waals surface area contributed by atoms with E-state index in [0.29, 0.717) is 26.3 Å². The third-order valence-corrected chi connectivity index (χ3v) is 4.01. The SMILES string of the molecule is Cc1cc(Br)cc(C)c1NC(C)C(=O)N1CCOCC1. The van der Waals surface area contributed by atoms with Gasteiger partial charge in [0.25, 0.3) is 0 Å². The van der Waals surface area contributed by atoms with Crippen molar-refractivity contribution in [1.82, 2.24) is 4.90 Å². The van der Waals surface area contributed by atoms with Crippen LogP contribution in [0.1, 0.15) is 18.1 Å². The molecule has 1 fully saturated rings. The van der Waals surface area contributed by atoms with Gasteiger partial charge in [0, 0.05) is 23.2 Å². The Morgan fingerprint density at radius 2 is 1.85 bits per heavy atom. The Kier molecular flexibility index (Phi) is 5.05. The van der Waals surface area contributed by atoms with E-state index in [2.05, 4.69) is 33.4 Å². The summed E-state index contributed by atoms with van der Waals surface area (Å²) in [5.74, 6) is 0.134. The Labute approximate surface area is 128 Å². The normalized spacial score (nSPS) is 16.9. The highest BCUT2D eigenvalue weighted by molar-refractivity contribution is 9.10. The number of hydrogen-bond acceptors (Lipinski definition) is 3. The number of ether oxygens (including phenoxy) is 1. The van der Waals surface area contributed by atoms with Gasteiger partial charge in [0.15, 0.2) is 0 Å². The lowest BCUT2D eigenvalue weighted by atomic mass is 10.1. The predicted molar refractivity (Wildman–Crippen MR) is 84.1 cm³/mol. The highest BCUT2D eigenvalue weighted by Gasteiger charge is 2.23. The average Bonchev–Trinajstić information content (AvgIpc) is 2.42. The molecule has 1 atom stereocenters. The molecule has 1 aromatic carbocycles. The molecule has 0 saturated carbocycles. The number of rotatable bonds is 3. The Morgan fingerprint density at radius 1 is 1.30 bits per heavy atom. The van der Waals surface area contributed by atoms with Crippen LogP contribution >= 0.6 is 15.9 Å². The van der Waals surface area contributed by atoms with Gasteiger partial charge >= 0.3 is 0 Å². The molecule has 4 nitrogen and oxygen atoms in total. The number of hydrogen-bond donors (Lipinski definition) is 1. The number of anilines is 1. The molecular weight excluding hydrogens is 320 g/mol. The third kappa shape index (κ3) is 3.52. The maximum atomic E-state index is 12.4. The number of nitrogens with zero attached hydrogens (tertiary/aromatic N) is 1. The average molecular weight is 341 g/mol. The van der Waals surface area contributed by atoms with Gasteiger partial charge in [0.1, 0.15) is 6.04 Å². The van der Waals surface area contributed by atoms with Gasteiger partial charge in [-0.15, -0.1) is 0 Å². The minimum Gasteiger partial charge on any atom is -0.378 e. The topological polar surface area (TPSA) is 41.6 Å². The number of carbonyl (C=O) groups excluding carboxylic acids is 1. The summed E-state index contributed by atoms with van der Waals surface area (Å²) in [7, 11) is 0. The minimum atomic E-state index is -0.230. The fourth-order valence-corrected chi connectivity index (χ4v) is 3.16. The van der Waals surface area contributed by atoms with Crippen molar-refractivity contribution < 1.29 is 9.53 Å². The summed E-state index contributed by atoms with van der Waals surface area (Å²) in [6, 6.07) is 3.88. The fraction of sp³-hybridized carbons (Fsp3) is 0.533. The summed E-state index contributed by atoms with van der Waals surface area (Å²) in [5, 5.41) is 3.35. The molecule has 1 aliphatic heterocycles. The zero-order valence-electron chi connectivity index (χ0n) is 12.2. The number of amides is 1. The second-order valence-electron chi connectivity index (χ2n) is 5.22. The summed E-state index contributed by atoms with van der Waals surface area (Å²) in [6.07, 6.45) is 0. The molecule has 0 spiro atoms. The van der Waals surface area contributed by atoms with Crippen LogP contribution in [0.2, 0.25) is 0 Å². The van der Waals surface area contributed by atoms with Gasteiger partial charge in [0.05, 0.1) is 13.2 Å². The molecule has 2 rings (SSSR count). The van der Waals surface area contributed by atoms with Crippen molar-refractivity contribution in [2.45, 2.75) is 26.8 Å². The van der Waals surface area contributed by atoms with Gasteiger partial charge in [-0.05, 0) is 44.0 Å². The molecule has 0 aromatic heterocycles. The standard InChI is InChI=1S/C15H21BrN2O2/c1-10-8-13(16)9-11(2)14(10)17-12(3)15(19)18-4-6-20-7-5-18/h8-9,12,17H,4-7H2,1-3H3. The third-order valence-electron chi connectivity index (χ3n) is 3.55. The van der Waals surface area contributed by atoms with E-state index in [1.54, 1.807) is 0 Å². The van der Waals surface area contributed by atoms with Crippen molar-refractivity contribution in [3.05, 3.63) is 27.7 Å². The van der Waals surface area contributed by atoms with Gasteiger partial charge in [0.2, 0.25) is 5.91 Å². The Hall–Kier alpha value is -1.07. The molecular formula is C15H21BrN2O2. The second kappa shape index (κ2) is 6.59. The Balaban J connectivity index is 2.07. The molecule has 1 aliphatic rings. The number of aryl methyl sites for hydroxylation is 2. The van der Waals surface area contributed by atoms with E-state index < -0.39 is 0 Å². The van der Waals surface area contributed by atoms with Crippen LogP contribution in [0.4, 0.5) is 5.69 Å². The van der Waals surface area contributed by atoms with Crippen molar-refractivity contribution in [3.8, 4) is 0 Å². The van der Waals surface area contributed by atoms with Gasteiger partial charge in [-0.2, -0.15) is 0 Å². The number of carbonyl (C=O) groups is 1. The monoisotopic (exact) mass is 340 g/mol. The first-order chi connectivity index (χ1) is 9.49. The van der Waals surface area contributed by atoms with Crippen molar-refractivity contribution >= 4 is 27.5 Å². The Bertz CT molecular complexity index is 476. The first-order valence-corrected chi connectivity index (χ1v) is 7.68. The first kappa shape index (κ1) is 15.3. The van der Waals surface area contributed by atoms with Gasteiger partial charge in [-0.1, -0.05) is 15.9 Å². The maximum Gasteiger partial charge on any atom is 0.244 e. The van der Waals surface area contributed by atoms with Crippen LogP contribution < -0.4 is 5.32 Å². The fourth-order valence-electron chi connectivity index (χ4n) is 2.47. The van der Waals surface area contributed by atoms with Crippen molar-refractivity contribution in [3.63, 3.8) is 0 Å². The number of nitrogens with one attached hydrogen (secondary N) is 1. The molecule has 1 heterocycles. The van der Waals surface area contributed by atoms with E-state index in [1.165, 1.54) is 0 Å². The van der Waals surface area contributed by atoms with E-state index in [0.717, 1.165) is 21.3 Å². The molecule has 1 N–H and O–H groups in total. The zero-order valence-corrected chi connectivity index (χ0v) is 13.8. The van der Waals surface area contributed by atoms with E-state index in [4.69, 9.17) is 4.74 Å². The number of morpholine rings is 1. The van der Waals surface area contributed by atoms with E-state index in [-0.39, 0.29) is 11.9 Å². The summed E-state index contributed by atoms with van der Waals surface area (Å²) in [6.45, 7) is 8.65. The second-order valence-corrected chi connectivity index (χ2v) is 6.13. The number of halogens is 1. The van der Waals surface area contributed by atoms with Gasteiger partial charge in [-0.25, -0.2) is 0 Å². The summed E-state index contributed by atoms with van der Waals surface area (Å²) >= 11 is 3.49. The predicted octanol–water partition coefficient (Wildman–Crippen LogP) is 2.73. The quantitative estimate of drug-likeness (QED) is 0.919. The first-order valence-electron chi connectivity index (χ1n) is 6.89. The van der Waals surface area contributed by atoms with Crippen molar-refractivity contribution in [2.75, 3.05) is 31.6 Å². The summed E-state index contributed by atoms with van der Waals surface area (Å²) in [5.41, 5.74) is 3.32. The largest absolute Gasteiger partial charge is 0.378 e. The van der Waals surface area contributed by atoms with Crippen LogP contribution in [0.5, 0.6) is 0 Å². The van der Waals surface area contributed by atoms with Crippen LogP contribution in [0.25, 0.3) is 0 Å². The van der Waals surface area contributed by atoms with Gasteiger partial charge in [-0.3, -0.25) is 4.79 Å². The lowest BCUT2D eigenvalue weighted by Gasteiger charge is -2.30. The molecule has 1 aromatic rings. The molecule has 1 saturated heterocycles. The van der Waals surface area contributed by atoms with Crippen LogP contribution in [0.3, 0.4) is 0 Å². The van der Waals surface area contributed by atoms with Crippen LogP contribution in [-0.2, 0) is 9.53 Å². The molecule has 0 bridgehead atoms. The zero-order chi connectivity index (χ0) is 14.7. The number of benzene rings is 1. The maximum absolute atomic E-state index is 12.4. The Morgan fingerprint density at radius 3 is 2.40 bits per heavy atom. The minimum absolute atomic E-state index is 0.134. The molecule has 1 unspecified atom stereocenters. The van der Waals surface area contributed by atoms with Crippen LogP contribution in [0.15, 0.2) is 16.6 Å². The molecule has 0 radical (unpaired) electrons. The van der Waals surface area contributed by atoms with Crippen LogP contribution in [0, 0.1) is 13.8 Å². The lowest BCUT2D eigenvalue weighted by Crippen LogP contribution is -2.47. The van der Waals surface area contributed by atoms with Crippen LogP contribution in [-0.4, -0.2) is 43.2 Å². The highest BCUT2D eigenvalue weighted by atomic mass is 79.9. The summed E-state index contributed by atoms with van der Waals surface area (Å²) in [4.78, 5) is 14.3. The smallest absolute Gasteiger partial charge is 0.244 e. The van der Waals surface area contributed by atoms with E-state index in [1.807, 2.05) is 25.7 Å². The molecule has 5 heteroatoms. The molecule has 0 aliphatic carbocycles. The summed E-state index contributed by atoms with van der Waals surface area (Å²) < 4.78 is 6.34.